The van der Waals surface area contributed by atoms with Crippen LogP contribution in [0.15, 0.2) is 48.5 Å². The number of hydrogen-bond donors (Lipinski definition) is 0. The van der Waals surface area contributed by atoms with Gasteiger partial charge in [0.25, 0.3) is 0 Å². The van der Waals surface area contributed by atoms with Gasteiger partial charge in [0.1, 0.15) is 17.2 Å². The molecule has 1 atom stereocenters. The van der Waals surface area contributed by atoms with E-state index in [1.165, 1.54) is 16.9 Å². The molecule has 1 unspecified atom stereocenters. The third-order valence-corrected chi connectivity index (χ3v) is 4.94. The third kappa shape index (κ3) is 2.99. The van der Waals surface area contributed by atoms with Crippen LogP contribution in [0.2, 0.25) is 0 Å². The predicted molar refractivity (Wildman–Crippen MR) is 91.4 cm³/mol. The van der Waals surface area contributed by atoms with Crippen molar-refractivity contribution < 1.29 is 9.53 Å². The lowest BCUT2D eigenvalue weighted by Crippen LogP contribution is -1.98. The van der Waals surface area contributed by atoms with E-state index >= 15 is 0 Å². The summed E-state index contributed by atoms with van der Waals surface area (Å²) in [6.45, 7) is 2.52. The molecule has 106 valence electrons. The number of carbonyl (C=O) groups excluding carboxylic acids is 1. The molecule has 0 spiro atoms. The maximum atomic E-state index is 11.8. The minimum Gasteiger partial charge on any atom is -0.487 e. The molecule has 0 aliphatic heterocycles. The first-order valence-corrected chi connectivity index (χ1v) is 8.04. The van der Waals surface area contributed by atoms with Gasteiger partial charge in [-0.2, -0.15) is 0 Å². The fourth-order valence-corrected chi connectivity index (χ4v) is 3.47. The van der Waals surface area contributed by atoms with Gasteiger partial charge in [0, 0.05) is 10.1 Å². The zero-order chi connectivity index (χ0) is 14.8. The van der Waals surface area contributed by atoms with Gasteiger partial charge in [-0.05, 0) is 24.6 Å². The molecule has 21 heavy (non-hydrogen) atoms. The van der Waals surface area contributed by atoms with Gasteiger partial charge in [-0.3, -0.25) is 4.79 Å². The van der Waals surface area contributed by atoms with Crippen LogP contribution in [0.1, 0.15) is 20.8 Å². The molecular formula is C17H15O2PS. The fraction of sp³-hybridized carbons (Fsp3) is 0.118. The van der Waals surface area contributed by atoms with Crippen molar-refractivity contribution in [1.29, 1.82) is 0 Å². The van der Waals surface area contributed by atoms with Gasteiger partial charge in [-0.1, -0.05) is 51.2 Å². The summed E-state index contributed by atoms with van der Waals surface area (Å²) in [6.07, 6.45) is 0. The lowest BCUT2D eigenvalue weighted by molar-refractivity contribution is 0.108. The average molecular weight is 314 g/mol. The summed E-state index contributed by atoms with van der Waals surface area (Å²) in [5.41, 5.74) is 2.29. The Hall–Kier alpha value is -1.70. The van der Waals surface area contributed by atoms with Crippen molar-refractivity contribution >= 4 is 36.2 Å². The standard InChI is InChI=1S/C17H15O2PS/c1-11-6-8-12(9-7-11)10-19-15-13-4-2-3-5-14(13)21-16(15)17(18)20/h2-9H,10,20H2,1H3. The van der Waals surface area contributed by atoms with Crippen LogP contribution < -0.4 is 4.74 Å². The highest BCUT2D eigenvalue weighted by molar-refractivity contribution is 7.44. The molecule has 0 radical (unpaired) electrons. The van der Waals surface area contributed by atoms with E-state index in [2.05, 4.69) is 28.3 Å². The Morgan fingerprint density at radius 2 is 1.86 bits per heavy atom. The smallest absolute Gasteiger partial charge is 0.191 e. The van der Waals surface area contributed by atoms with Crippen molar-refractivity contribution in [3.05, 3.63) is 64.5 Å². The maximum Gasteiger partial charge on any atom is 0.191 e. The van der Waals surface area contributed by atoms with Crippen LogP contribution in [0.5, 0.6) is 5.75 Å². The first-order valence-electron chi connectivity index (χ1n) is 6.65. The largest absolute Gasteiger partial charge is 0.487 e. The van der Waals surface area contributed by atoms with Crippen LogP contribution in [-0.2, 0) is 6.61 Å². The van der Waals surface area contributed by atoms with Gasteiger partial charge < -0.3 is 4.74 Å². The first kappa shape index (κ1) is 14.2. The molecule has 0 saturated carbocycles. The maximum absolute atomic E-state index is 11.8. The van der Waals surface area contributed by atoms with Crippen molar-refractivity contribution in [3.63, 3.8) is 0 Å². The SMILES string of the molecule is Cc1ccc(COc2c(C(=O)P)sc3ccccc23)cc1. The van der Waals surface area contributed by atoms with Crippen molar-refractivity contribution in [1.82, 2.24) is 0 Å². The number of thiophene rings is 1. The highest BCUT2D eigenvalue weighted by atomic mass is 32.1. The van der Waals surface area contributed by atoms with Crippen LogP contribution in [0, 0.1) is 6.92 Å². The Bertz CT molecular complexity index is 790. The van der Waals surface area contributed by atoms with E-state index in [0.29, 0.717) is 17.2 Å². The topological polar surface area (TPSA) is 26.3 Å². The van der Waals surface area contributed by atoms with Crippen LogP contribution in [0.3, 0.4) is 0 Å². The number of fused-ring (bicyclic) bond motifs is 1. The molecule has 0 aliphatic rings. The van der Waals surface area contributed by atoms with Gasteiger partial charge in [0.05, 0.1) is 0 Å². The minimum absolute atomic E-state index is 0.0323. The molecule has 3 rings (SSSR count). The zero-order valence-corrected chi connectivity index (χ0v) is 13.6. The molecule has 3 aromatic rings. The van der Waals surface area contributed by atoms with E-state index in [9.17, 15) is 4.79 Å². The molecule has 1 heterocycles. The van der Waals surface area contributed by atoms with E-state index in [0.717, 1.165) is 15.6 Å². The first-order chi connectivity index (χ1) is 10.1. The third-order valence-electron chi connectivity index (χ3n) is 3.28. The lowest BCUT2D eigenvalue weighted by Gasteiger charge is -2.07. The van der Waals surface area contributed by atoms with E-state index < -0.39 is 0 Å². The molecule has 0 bridgehead atoms. The van der Waals surface area contributed by atoms with Crippen LogP contribution in [-0.4, -0.2) is 5.52 Å². The molecular weight excluding hydrogens is 299 g/mol. The Balaban J connectivity index is 1.93. The molecule has 1 aromatic heterocycles. The van der Waals surface area contributed by atoms with E-state index in [4.69, 9.17) is 4.74 Å². The van der Waals surface area contributed by atoms with Gasteiger partial charge in [0.15, 0.2) is 5.52 Å². The van der Waals surface area contributed by atoms with Gasteiger partial charge in [0.2, 0.25) is 0 Å². The summed E-state index contributed by atoms with van der Waals surface area (Å²) in [5, 5.41) is 1.00. The number of aryl methyl sites for hydroxylation is 1. The summed E-state index contributed by atoms with van der Waals surface area (Å²) in [4.78, 5) is 12.4. The number of rotatable bonds is 4. The Morgan fingerprint density at radius 3 is 2.57 bits per heavy atom. The summed E-state index contributed by atoms with van der Waals surface area (Å²) in [6, 6.07) is 16.2. The molecule has 0 saturated heterocycles. The predicted octanol–water partition coefficient (Wildman–Crippen LogP) is 4.80. The molecule has 4 heteroatoms. The van der Waals surface area contributed by atoms with Crippen molar-refractivity contribution in [2.24, 2.45) is 0 Å². The highest BCUT2D eigenvalue weighted by Gasteiger charge is 2.16. The van der Waals surface area contributed by atoms with Crippen LogP contribution >= 0.6 is 20.6 Å². The summed E-state index contributed by atoms with van der Waals surface area (Å²) >= 11 is 1.47. The monoisotopic (exact) mass is 314 g/mol. The van der Waals surface area contributed by atoms with E-state index in [-0.39, 0.29) is 5.52 Å². The van der Waals surface area contributed by atoms with Crippen molar-refractivity contribution in [3.8, 4) is 5.75 Å². The number of benzene rings is 2. The Labute approximate surface area is 130 Å². The lowest BCUT2D eigenvalue weighted by atomic mass is 10.2. The van der Waals surface area contributed by atoms with Gasteiger partial charge >= 0.3 is 0 Å². The quantitative estimate of drug-likeness (QED) is 0.646. The number of carbonyl (C=O) groups is 1. The summed E-state index contributed by atoms with van der Waals surface area (Å²) < 4.78 is 7.03. The molecule has 0 amide bonds. The minimum atomic E-state index is -0.0323. The Kier molecular flexibility index (Phi) is 4.05. The highest BCUT2D eigenvalue weighted by Crippen LogP contribution is 2.39. The second kappa shape index (κ2) is 5.97. The van der Waals surface area contributed by atoms with E-state index in [1.54, 1.807) is 0 Å². The fourth-order valence-electron chi connectivity index (χ4n) is 2.17. The average Bonchev–Trinajstić information content (AvgIpc) is 2.86. The van der Waals surface area contributed by atoms with E-state index in [1.807, 2.05) is 36.4 Å². The summed E-state index contributed by atoms with van der Waals surface area (Å²) in [7, 11) is 2.23. The zero-order valence-electron chi connectivity index (χ0n) is 11.6. The van der Waals surface area contributed by atoms with Gasteiger partial charge in [-0.15, -0.1) is 11.3 Å². The van der Waals surface area contributed by atoms with Crippen LogP contribution in [0.25, 0.3) is 10.1 Å². The second-order valence-corrected chi connectivity index (χ2v) is 6.47. The van der Waals surface area contributed by atoms with Crippen molar-refractivity contribution in [2.45, 2.75) is 13.5 Å². The second-order valence-electron chi connectivity index (χ2n) is 4.89. The van der Waals surface area contributed by atoms with Crippen molar-refractivity contribution in [2.75, 3.05) is 0 Å². The molecule has 2 nitrogen and oxygen atoms in total. The molecule has 2 aromatic carbocycles. The Morgan fingerprint density at radius 1 is 1.14 bits per heavy atom. The molecule has 0 N–H and O–H groups in total. The summed E-state index contributed by atoms with van der Waals surface area (Å²) in [5.74, 6) is 0.691. The normalized spacial score (nSPS) is 10.8. The van der Waals surface area contributed by atoms with Gasteiger partial charge in [-0.25, -0.2) is 0 Å². The number of hydrogen-bond acceptors (Lipinski definition) is 3. The number of ether oxygens (including phenoxy) is 1. The molecule has 0 fully saturated rings. The van der Waals surface area contributed by atoms with Crippen LogP contribution in [0.4, 0.5) is 0 Å². The molecule has 0 aliphatic carbocycles.